The molecule has 0 spiro atoms. The van der Waals surface area contributed by atoms with Gasteiger partial charge >= 0.3 is 0 Å². The maximum Gasteiger partial charge on any atom is 0.255 e. The minimum atomic E-state index is -0.609. The molecule has 45 heavy (non-hydrogen) atoms. The fourth-order valence-electron chi connectivity index (χ4n) is 5.62. The van der Waals surface area contributed by atoms with Crippen LogP contribution in [0.15, 0.2) is 79.0 Å². The van der Waals surface area contributed by atoms with E-state index in [0.717, 1.165) is 45.0 Å². The molecule has 1 atom stereocenters. The third-order valence-electron chi connectivity index (χ3n) is 8.20. The van der Waals surface area contributed by atoms with Crippen molar-refractivity contribution in [3.05, 3.63) is 113 Å². The molecule has 0 fully saturated rings. The van der Waals surface area contributed by atoms with Gasteiger partial charge in [0.15, 0.2) is 0 Å². The number of benzene rings is 3. The number of para-hydroxylation sites is 2. The quantitative estimate of drug-likeness (QED) is 0.209. The molecule has 0 bridgehead atoms. The van der Waals surface area contributed by atoms with Crippen molar-refractivity contribution in [3.63, 3.8) is 0 Å². The van der Waals surface area contributed by atoms with Gasteiger partial charge < -0.3 is 10.2 Å². The van der Waals surface area contributed by atoms with E-state index >= 15 is 0 Å². The average Bonchev–Trinajstić information content (AvgIpc) is 3.58. The topological polar surface area (TPSA) is 97.9 Å². The zero-order valence-electron chi connectivity index (χ0n) is 27.3. The molecule has 2 amide bonds. The number of nitrogens with one attached hydrogen (secondary N) is 1. The van der Waals surface area contributed by atoms with Gasteiger partial charge in [-0.2, -0.15) is 5.10 Å². The largest absolute Gasteiger partial charge is 0.339 e. The van der Waals surface area contributed by atoms with E-state index < -0.39 is 11.5 Å². The number of likely N-dealkylation sites (N-methyl/N-ethyl adjacent to an activating group) is 1. The highest BCUT2D eigenvalue weighted by Gasteiger charge is 2.36. The molecule has 0 aliphatic carbocycles. The van der Waals surface area contributed by atoms with Crippen LogP contribution < -0.4 is 5.32 Å². The van der Waals surface area contributed by atoms with E-state index in [1.807, 2.05) is 114 Å². The lowest BCUT2D eigenvalue weighted by Crippen LogP contribution is -2.41. The first-order valence-electron chi connectivity index (χ1n) is 15.1. The first-order chi connectivity index (χ1) is 21.3. The van der Waals surface area contributed by atoms with Gasteiger partial charge in [-0.05, 0) is 68.5 Å². The minimum Gasteiger partial charge on any atom is -0.339 e. The lowest BCUT2D eigenvalue weighted by Gasteiger charge is -2.32. The van der Waals surface area contributed by atoms with Crippen molar-refractivity contribution < 1.29 is 9.59 Å². The zero-order valence-corrected chi connectivity index (χ0v) is 27.3. The van der Waals surface area contributed by atoms with Gasteiger partial charge in [-0.25, -0.2) is 9.36 Å². The highest BCUT2D eigenvalue weighted by Crippen LogP contribution is 2.33. The molecule has 3 aromatic carbocycles. The number of rotatable bonds is 8. The number of hydrogen-bond acceptors (Lipinski definition) is 5. The molecule has 2 heterocycles. The molecule has 0 saturated heterocycles. The molecule has 1 N–H and O–H groups in total. The number of hydrogen-bond donors (Lipinski definition) is 1. The lowest BCUT2D eigenvalue weighted by molar-refractivity contribution is -0.137. The Balaban J connectivity index is 1.39. The van der Waals surface area contributed by atoms with Crippen LogP contribution in [0.5, 0.6) is 0 Å². The molecule has 9 nitrogen and oxygen atoms in total. The molecule has 232 valence electrons. The van der Waals surface area contributed by atoms with Crippen molar-refractivity contribution in [2.75, 3.05) is 12.4 Å². The van der Waals surface area contributed by atoms with E-state index in [-0.39, 0.29) is 11.8 Å². The van der Waals surface area contributed by atoms with E-state index in [0.29, 0.717) is 17.8 Å². The Bertz CT molecular complexity index is 1850. The second-order valence-electron chi connectivity index (χ2n) is 12.7. The van der Waals surface area contributed by atoms with E-state index in [2.05, 4.69) is 34.7 Å². The predicted octanol–water partition coefficient (Wildman–Crippen LogP) is 6.86. The van der Waals surface area contributed by atoms with Crippen LogP contribution in [-0.4, -0.2) is 48.5 Å². The van der Waals surface area contributed by atoms with E-state index in [1.54, 1.807) is 15.8 Å². The summed E-state index contributed by atoms with van der Waals surface area (Å²) >= 11 is 0. The highest BCUT2D eigenvalue weighted by molar-refractivity contribution is 6.06. The lowest BCUT2D eigenvalue weighted by atomic mass is 9.86. The number of nitrogens with zero attached hydrogens (tertiary/aromatic N) is 6. The molecular weight excluding hydrogens is 562 g/mol. The molecule has 0 radical (unpaired) electrons. The van der Waals surface area contributed by atoms with E-state index in [1.165, 1.54) is 0 Å². The van der Waals surface area contributed by atoms with Gasteiger partial charge in [-0.15, -0.1) is 5.10 Å². The van der Waals surface area contributed by atoms with Gasteiger partial charge in [0.1, 0.15) is 11.7 Å². The van der Waals surface area contributed by atoms with Gasteiger partial charge in [0.2, 0.25) is 5.91 Å². The Morgan fingerprint density at radius 2 is 1.60 bits per heavy atom. The van der Waals surface area contributed by atoms with Crippen LogP contribution in [0, 0.1) is 33.1 Å². The number of amides is 2. The number of aromatic nitrogens is 5. The van der Waals surface area contributed by atoms with Crippen molar-refractivity contribution >= 4 is 17.5 Å². The molecule has 9 heteroatoms. The fraction of sp³-hybridized carbons (Fsp3) is 0.306. The second-order valence-corrected chi connectivity index (χ2v) is 12.7. The number of carbonyl (C=O) groups excluding carboxylic acids is 2. The normalized spacial score (nSPS) is 12.2. The van der Waals surface area contributed by atoms with Crippen LogP contribution in [0.4, 0.5) is 5.69 Å². The van der Waals surface area contributed by atoms with Crippen LogP contribution in [0.1, 0.15) is 65.2 Å². The van der Waals surface area contributed by atoms with Crippen molar-refractivity contribution in [2.24, 2.45) is 5.41 Å². The summed E-state index contributed by atoms with van der Waals surface area (Å²) in [6.07, 6.45) is 1.79. The summed E-state index contributed by atoms with van der Waals surface area (Å²) in [5.74, 6) is -0.276. The van der Waals surface area contributed by atoms with Crippen molar-refractivity contribution in [1.29, 1.82) is 0 Å². The van der Waals surface area contributed by atoms with E-state index in [4.69, 9.17) is 5.10 Å². The van der Waals surface area contributed by atoms with Gasteiger partial charge in [0.05, 0.1) is 17.6 Å². The SMILES string of the molecule is Cc1ccc(-c2cn(C(C(=O)N(C)Cc3c(C)nn(-c4ccccc4C)c3C)C(C)(C)C)nn2)cc1C(=O)Nc1ccccc1. The van der Waals surface area contributed by atoms with E-state index in [9.17, 15) is 9.59 Å². The Morgan fingerprint density at radius 3 is 2.29 bits per heavy atom. The fourth-order valence-corrected chi connectivity index (χ4v) is 5.62. The predicted molar refractivity (Wildman–Crippen MR) is 177 cm³/mol. The number of carbonyl (C=O) groups is 2. The Labute approximate surface area is 264 Å². The van der Waals surface area contributed by atoms with Crippen molar-refractivity contribution in [1.82, 2.24) is 29.7 Å². The zero-order chi connectivity index (χ0) is 32.5. The van der Waals surface area contributed by atoms with Crippen LogP contribution in [0.3, 0.4) is 0 Å². The summed E-state index contributed by atoms with van der Waals surface area (Å²) < 4.78 is 3.60. The molecule has 0 saturated carbocycles. The van der Waals surface area contributed by atoms with Crippen LogP contribution in [0.2, 0.25) is 0 Å². The third-order valence-corrected chi connectivity index (χ3v) is 8.20. The maximum absolute atomic E-state index is 14.1. The monoisotopic (exact) mass is 603 g/mol. The summed E-state index contributed by atoms with van der Waals surface area (Å²) in [5, 5.41) is 16.6. The number of aryl methyl sites for hydroxylation is 3. The smallest absolute Gasteiger partial charge is 0.255 e. The summed E-state index contributed by atoms with van der Waals surface area (Å²) in [6.45, 7) is 14.5. The molecule has 1 unspecified atom stereocenters. The Kier molecular flexibility index (Phi) is 8.73. The van der Waals surface area contributed by atoms with Crippen LogP contribution in [-0.2, 0) is 11.3 Å². The van der Waals surface area contributed by atoms with Gasteiger partial charge in [-0.1, -0.05) is 74.5 Å². The Morgan fingerprint density at radius 1 is 0.911 bits per heavy atom. The molecule has 5 rings (SSSR count). The molecule has 2 aromatic heterocycles. The van der Waals surface area contributed by atoms with Gasteiger partial charge in [-0.3, -0.25) is 9.59 Å². The summed E-state index contributed by atoms with van der Waals surface area (Å²) in [7, 11) is 1.82. The number of anilines is 1. The summed E-state index contributed by atoms with van der Waals surface area (Å²) in [6, 6.07) is 22.5. The van der Waals surface area contributed by atoms with Crippen molar-refractivity contribution in [2.45, 2.75) is 61.1 Å². The summed E-state index contributed by atoms with van der Waals surface area (Å²) in [4.78, 5) is 29.0. The molecular formula is C36H41N7O2. The highest BCUT2D eigenvalue weighted by atomic mass is 16.2. The first kappa shape index (κ1) is 31.4. The maximum atomic E-state index is 14.1. The molecule has 0 aliphatic heterocycles. The minimum absolute atomic E-state index is 0.0757. The van der Waals surface area contributed by atoms with Crippen LogP contribution >= 0.6 is 0 Å². The third kappa shape index (κ3) is 6.57. The Hall–Kier alpha value is -5.05. The second kappa shape index (κ2) is 12.5. The molecule has 0 aliphatic rings. The average molecular weight is 604 g/mol. The van der Waals surface area contributed by atoms with Gasteiger partial charge in [0, 0.05) is 41.7 Å². The summed E-state index contributed by atoms with van der Waals surface area (Å²) in [5.41, 5.74) is 8.05. The first-order valence-corrected chi connectivity index (χ1v) is 15.1. The standard InChI is InChI=1S/C36H41N7O2/c1-23-18-19-27(20-29(23)34(44)37-28-15-10-9-11-16-28)31-22-42(40-38-31)33(36(5,6)7)35(45)41(8)21-30-25(3)39-43(26(30)4)32-17-13-12-14-24(32)2/h9-20,22,33H,21H2,1-8H3,(H,37,44). The van der Waals surface area contributed by atoms with Gasteiger partial charge in [0.25, 0.3) is 5.91 Å². The molecule has 5 aromatic rings. The van der Waals surface area contributed by atoms with Crippen molar-refractivity contribution in [3.8, 4) is 16.9 Å². The van der Waals surface area contributed by atoms with Crippen LogP contribution in [0.25, 0.3) is 16.9 Å².